The lowest BCUT2D eigenvalue weighted by molar-refractivity contribution is 0.0996. The third-order valence-corrected chi connectivity index (χ3v) is 6.57. The average molecular weight is 396 g/mol. The molecule has 4 rings (SSSR count). The number of hydrogen-bond donors (Lipinski definition) is 1. The summed E-state index contributed by atoms with van der Waals surface area (Å²) in [6.07, 6.45) is 8.96. The fraction of sp³-hybridized carbons (Fsp3) is 0.364. The number of likely N-dealkylation sites (tertiary alicyclic amines) is 1. The van der Waals surface area contributed by atoms with Crippen LogP contribution in [-0.2, 0) is 0 Å². The van der Waals surface area contributed by atoms with Crippen molar-refractivity contribution in [1.29, 1.82) is 0 Å². The number of thiophene rings is 1. The summed E-state index contributed by atoms with van der Waals surface area (Å²) in [5, 5.41) is 4.00. The number of piperidine rings is 1. The molecule has 0 aromatic carbocycles. The van der Waals surface area contributed by atoms with Crippen LogP contribution in [0.25, 0.3) is 0 Å². The maximum absolute atomic E-state index is 12.7. The standard InChI is InChI=1S/C22H25N3O2S/c1-15-16(2)28-22(24-21(26)18-9-7-13-27-18)19(15)20(17-8-6-10-23-14-17)25-11-4-3-5-12-25/h6-10,13-14,20H,3-5,11-12H2,1-2H3,(H,24,26)/t20-/m0/s1. The first-order chi connectivity index (χ1) is 13.6. The molecule has 4 heterocycles. The fourth-order valence-electron chi connectivity index (χ4n) is 3.91. The van der Waals surface area contributed by atoms with Crippen molar-refractivity contribution in [2.24, 2.45) is 0 Å². The van der Waals surface area contributed by atoms with Crippen LogP contribution in [0.15, 0.2) is 47.3 Å². The minimum atomic E-state index is -0.212. The summed E-state index contributed by atoms with van der Waals surface area (Å²) in [6.45, 7) is 6.37. The Hall–Kier alpha value is -2.44. The monoisotopic (exact) mass is 395 g/mol. The molecule has 3 aromatic heterocycles. The predicted molar refractivity (Wildman–Crippen MR) is 112 cm³/mol. The molecule has 0 radical (unpaired) electrons. The van der Waals surface area contributed by atoms with E-state index in [9.17, 15) is 4.79 Å². The lowest BCUT2D eigenvalue weighted by atomic mass is 9.94. The van der Waals surface area contributed by atoms with Crippen LogP contribution in [0.5, 0.6) is 0 Å². The quantitative estimate of drug-likeness (QED) is 0.647. The van der Waals surface area contributed by atoms with Gasteiger partial charge in [-0.2, -0.15) is 0 Å². The summed E-state index contributed by atoms with van der Waals surface area (Å²) in [5.41, 5.74) is 3.58. The van der Waals surface area contributed by atoms with Gasteiger partial charge in [0.15, 0.2) is 5.76 Å². The molecule has 1 aliphatic heterocycles. The topological polar surface area (TPSA) is 58.4 Å². The lowest BCUT2D eigenvalue weighted by Crippen LogP contribution is -2.35. The number of carbonyl (C=O) groups is 1. The highest BCUT2D eigenvalue weighted by Gasteiger charge is 2.30. The van der Waals surface area contributed by atoms with E-state index < -0.39 is 0 Å². The number of anilines is 1. The molecule has 0 spiro atoms. The van der Waals surface area contributed by atoms with Gasteiger partial charge in [-0.3, -0.25) is 14.7 Å². The summed E-state index contributed by atoms with van der Waals surface area (Å²) < 4.78 is 5.28. The zero-order chi connectivity index (χ0) is 19.5. The Bertz CT molecular complexity index is 928. The molecule has 146 valence electrons. The van der Waals surface area contributed by atoms with Crippen molar-refractivity contribution in [2.75, 3.05) is 18.4 Å². The molecule has 1 aliphatic rings. The number of nitrogens with one attached hydrogen (secondary N) is 1. The third-order valence-electron chi connectivity index (χ3n) is 5.43. The molecular weight excluding hydrogens is 370 g/mol. The van der Waals surface area contributed by atoms with Crippen LogP contribution in [0.2, 0.25) is 0 Å². The van der Waals surface area contributed by atoms with Crippen molar-refractivity contribution in [3.63, 3.8) is 0 Å². The van der Waals surface area contributed by atoms with Crippen LogP contribution < -0.4 is 5.32 Å². The Morgan fingerprint density at radius 1 is 1.21 bits per heavy atom. The Labute approximate surface area is 169 Å². The Morgan fingerprint density at radius 2 is 2.04 bits per heavy atom. The van der Waals surface area contributed by atoms with Gasteiger partial charge in [0.1, 0.15) is 5.00 Å². The molecule has 1 amide bonds. The summed E-state index contributed by atoms with van der Waals surface area (Å²) in [7, 11) is 0. The Morgan fingerprint density at radius 3 is 2.71 bits per heavy atom. The second kappa shape index (κ2) is 8.29. The van der Waals surface area contributed by atoms with Gasteiger partial charge in [0.2, 0.25) is 0 Å². The van der Waals surface area contributed by atoms with E-state index in [0.717, 1.165) is 18.1 Å². The Kier molecular flexibility index (Phi) is 5.59. The second-order valence-electron chi connectivity index (χ2n) is 7.24. The zero-order valence-electron chi connectivity index (χ0n) is 16.3. The van der Waals surface area contributed by atoms with E-state index in [0.29, 0.717) is 5.76 Å². The molecule has 5 nitrogen and oxygen atoms in total. The minimum absolute atomic E-state index is 0.0888. The minimum Gasteiger partial charge on any atom is -0.459 e. The molecule has 6 heteroatoms. The molecule has 1 saturated heterocycles. The van der Waals surface area contributed by atoms with Crippen molar-refractivity contribution in [3.8, 4) is 0 Å². The molecule has 28 heavy (non-hydrogen) atoms. The number of pyridine rings is 1. The van der Waals surface area contributed by atoms with E-state index in [1.165, 1.54) is 47.1 Å². The van der Waals surface area contributed by atoms with E-state index in [-0.39, 0.29) is 11.9 Å². The molecule has 3 aromatic rings. The highest BCUT2D eigenvalue weighted by Crippen LogP contribution is 2.42. The van der Waals surface area contributed by atoms with Gasteiger partial charge in [0.05, 0.1) is 12.3 Å². The highest BCUT2D eigenvalue weighted by atomic mass is 32.1. The van der Waals surface area contributed by atoms with Gasteiger partial charge in [-0.1, -0.05) is 12.5 Å². The third kappa shape index (κ3) is 3.75. The van der Waals surface area contributed by atoms with Gasteiger partial charge in [0, 0.05) is 22.8 Å². The first-order valence-corrected chi connectivity index (χ1v) is 10.6. The average Bonchev–Trinajstić information content (AvgIpc) is 3.35. The maximum atomic E-state index is 12.7. The maximum Gasteiger partial charge on any atom is 0.291 e. The first kappa shape index (κ1) is 18.9. The SMILES string of the molecule is Cc1sc(NC(=O)c2ccco2)c([C@H](c2cccnc2)N2CCCCC2)c1C. The van der Waals surface area contributed by atoms with E-state index in [1.807, 2.05) is 18.5 Å². The van der Waals surface area contributed by atoms with Gasteiger partial charge in [0.25, 0.3) is 5.91 Å². The molecule has 0 unspecified atom stereocenters. The van der Waals surface area contributed by atoms with Gasteiger partial charge in [-0.15, -0.1) is 11.3 Å². The van der Waals surface area contributed by atoms with Crippen LogP contribution >= 0.6 is 11.3 Å². The number of rotatable bonds is 5. The van der Waals surface area contributed by atoms with E-state index in [1.54, 1.807) is 23.5 Å². The van der Waals surface area contributed by atoms with Crippen LogP contribution in [0, 0.1) is 13.8 Å². The van der Waals surface area contributed by atoms with Crippen molar-refractivity contribution < 1.29 is 9.21 Å². The first-order valence-electron chi connectivity index (χ1n) is 9.74. The van der Waals surface area contributed by atoms with Gasteiger partial charge < -0.3 is 9.73 Å². The molecule has 1 atom stereocenters. The van der Waals surface area contributed by atoms with Crippen molar-refractivity contribution in [3.05, 3.63) is 70.3 Å². The number of aryl methyl sites for hydroxylation is 1. The molecule has 1 N–H and O–H groups in total. The zero-order valence-corrected chi connectivity index (χ0v) is 17.1. The van der Waals surface area contributed by atoms with Crippen molar-refractivity contribution >= 4 is 22.2 Å². The number of nitrogens with zero attached hydrogens (tertiary/aromatic N) is 2. The number of carbonyl (C=O) groups excluding carboxylic acids is 1. The summed E-state index contributed by atoms with van der Waals surface area (Å²) in [5.74, 6) is 0.113. The van der Waals surface area contributed by atoms with Crippen molar-refractivity contribution in [2.45, 2.75) is 39.2 Å². The van der Waals surface area contributed by atoms with Crippen molar-refractivity contribution in [1.82, 2.24) is 9.88 Å². The summed E-state index contributed by atoms with van der Waals surface area (Å²) in [4.78, 5) is 20.8. The van der Waals surface area contributed by atoms with E-state index >= 15 is 0 Å². The molecule has 0 saturated carbocycles. The molecule has 1 fully saturated rings. The van der Waals surface area contributed by atoms with Gasteiger partial charge in [-0.25, -0.2) is 0 Å². The smallest absolute Gasteiger partial charge is 0.291 e. The van der Waals surface area contributed by atoms with Crippen LogP contribution in [0.1, 0.15) is 57.4 Å². The highest BCUT2D eigenvalue weighted by molar-refractivity contribution is 7.16. The molecular formula is C22H25N3O2S. The summed E-state index contributed by atoms with van der Waals surface area (Å²) >= 11 is 1.63. The number of aromatic nitrogens is 1. The normalized spacial score (nSPS) is 16.1. The second-order valence-corrected chi connectivity index (χ2v) is 8.47. The van der Waals surface area contributed by atoms with E-state index in [4.69, 9.17) is 4.42 Å². The predicted octanol–water partition coefficient (Wildman–Crippen LogP) is 5.18. The van der Waals surface area contributed by atoms with E-state index in [2.05, 4.69) is 35.1 Å². The Balaban J connectivity index is 1.76. The largest absolute Gasteiger partial charge is 0.459 e. The van der Waals surface area contributed by atoms with Crippen LogP contribution in [-0.4, -0.2) is 28.9 Å². The van der Waals surface area contributed by atoms with Crippen LogP contribution in [0.4, 0.5) is 5.00 Å². The fourth-order valence-corrected chi connectivity index (χ4v) is 5.00. The molecule has 0 aliphatic carbocycles. The number of amides is 1. The number of hydrogen-bond acceptors (Lipinski definition) is 5. The lowest BCUT2D eigenvalue weighted by Gasteiger charge is -2.35. The number of furan rings is 1. The van der Waals surface area contributed by atoms with Gasteiger partial charge in [-0.05, 0) is 69.1 Å². The van der Waals surface area contributed by atoms with Crippen LogP contribution in [0.3, 0.4) is 0 Å². The van der Waals surface area contributed by atoms with Gasteiger partial charge >= 0.3 is 0 Å². The molecule has 0 bridgehead atoms. The summed E-state index contributed by atoms with van der Waals surface area (Å²) in [6, 6.07) is 7.63.